The second-order valence-corrected chi connectivity index (χ2v) is 6.10. The molecule has 7 heteroatoms. The van der Waals surface area contributed by atoms with Gasteiger partial charge in [0.2, 0.25) is 0 Å². The van der Waals surface area contributed by atoms with Crippen LogP contribution < -0.4 is 10.0 Å². The number of halogens is 1. The standard InChI is InChI=1S/C13H14FN3O2S/c1-17(11-4-6-16-7-5-11)20(18,19)12-2-3-13(14)10(8-12)9-15/h2-8H,9,15H2,1H3. The Morgan fingerprint density at radius 2 is 1.90 bits per heavy atom. The average Bonchev–Trinajstić information content (AvgIpc) is 2.47. The normalized spacial score (nSPS) is 11.3. The Balaban J connectivity index is 2.45. The number of benzene rings is 1. The van der Waals surface area contributed by atoms with Gasteiger partial charge in [-0.1, -0.05) is 0 Å². The van der Waals surface area contributed by atoms with Crippen LogP contribution in [0.15, 0.2) is 47.6 Å². The molecule has 0 aliphatic carbocycles. The molecular formula is C13H14FN3O2S. The first-order chi connectivity index (χ1) is 9.46. The van der Waals surface area contributed by atoms with Gasteiger partial charge in [0.05, 0.1) is 10.6 Å². The lowest BCUT2D eigenvalue weighted by atomic mass is 10.2. The quantitative estimate of drug-likeness (QED) is 0.927. The topological polar surface area (TPSA) is 76.3 Å². The fraction of sp³-hybridized carbons (Fsp3) is 0.154. The smallest absolute Gasteiger partial charge is 0.264 e. The molecule has 0 aliphatic rings. The molecule has 106 valence electrons. The van der Waals surface area contributed by atoms with Gasteiger partial charge in [0.1, 0.15) is 5.82 Å². The fourth-order valence-electron chi connectivity index (χ4n) is 1.72. The molecule has 0 radical (unpaired) electrons. The number of nitrogens with zero attached hydrogens (tertiary/aromatic N) is 2. The van der Waals surface area contributed by atoms with Crippen LogP contribution in [0.3, 0.4) is 0 Å². The van der Waals surface area contributed by atoms with Crippen LogP contribution in [-0.2, 0) is 16.6 Å². The van der Waals surface area contributed by atoms with Crippen molar-refractivity contribution in [1.29, 1.82) is 0 Å². The number of anilines is 1. The number of hydrogen-bond acceptors (Lipinski definition) is 4. The van der Waals surface area contributed by atoms with E-state index < -0.39 is 15.8 Å². The van der Waals surface area contributed by atoms with Gasteiger partial charge in [-0.15, -0.1) is 0 Å². The number of pyridine rings is 1. The summed E-state index contributed by atoms with van der Waals surface area (Å²) in [7, 11) is -2.33. The Hall–Kier alpha value is -1.99. The van der Waals surface area contributed by atoms with E-state index in [0.29, 0.717) is 5.69 Å². The Bertz CT molecular complexity index is 705. The lowest BCUT2D eigenvalue weighted by Crippen LogP contribution is -2.26. The Morgan fingerprint density at radius 1 is 1.25 bits per heavy atom. The molecule has 0 saturated carbocycles. The molecule has 20 heavy (non-hydrogen) atoms. The van der Waals surface area contributed by atoms with Crippen LogP contribution in [0.25, 0.3) is 0 Å². The summed E-state index contributed by atoms with van der Waals surface area (Å²) in [4.78, 5) is 3.83. The first-order valence-corrected chi connectivity index (χ1v) is 7.28. The van der Waals surface area contributed by atoms with Crippen molar-refractivity contribution in [3.63, 3.8) is 0 Å². The summed E-state index contributed by atoms with van der Waals surface area (Å²) >= 11 is 0. The van der Waals surface area contributed by atoms with E-state index in [1.165, 1.54) is 31.6 Å². The van der Waals surface area contributed by atoms with Crippen molar-refractivity contribution in [3.05, 3.63) is 54.1 Å². The predicted octanol–water partition coefficient (Wildman–Crippen LogP) is 1.50. The van der Waals surface area contributed by atoms with Crippen LogP contribution >= 0.6 is 0 Å². The SMILES string of the molecule is CN(c1ccncc1)S(=O)(=O)c1ccc(F)c(CN)c1. The van der Waals surface area contributed by atoms with Crippen molar-refractivity contribution in [3.8, 4) is 0 Å². The van der Waals surface area contributed by atoms with Gasteiger partial charge < -0.3 is 5.73 Å². The van der Waals surface area contributed by atoms with Gasteiger partial charge in [0.15, 0.2) is 0 Å². The summed E-state index contributed by atoms with van der Waals surface area (Å²) in [6, 6.07) is 6.73. The monoisotopic (exact) mass is 295 g/mol. The molecule has 0 fully saturated rings. The third kappa shape index (κ3) is 2.63. The first-order valence-electron chi connectivity index (χ1n) is 5.84. The van der Waals surface area contributed by atoms with Gasteiger partial charge in [-0.2, -0.15) is 0 Å². The molecule has 0 spiro atoms. The Kier molecular flexibility index (Phi) is 4.01. The number of sulfonamides is 1. The number of hydrogen-bond donors (Lipinski definition) is 1. The van der Waals surface area contributed by atoms with Crippen LogP contribution in [0.4, 0.5) is 10.1 Å². The van der Waals surface area contributed by atoms with E-state index in [2.05, 4.69) is 4.98 Å². The molecule has 1 aromatic heterocycles. The maximum Gasteiger partial charge on any atom is 0.264 e. The predicted molar refractivity (Wildman–Crippen MR) is 74.1 cm³/mol. The largest absolute Gasteiger partial charge is 0.326 e. The molecule has 0 bridgehead atoms. The number of rotatable bonds is 4. The molecule has 5 nitrogen and oxygen atoms in total. The van der Waals surface area contributed by atoms with Crippen molar-refractivity contribution < 1.29 is 12.8 Å². The first kappa shape index (κ1) is 14.4. The zero-order valence-corrected chi connectivity index (χ0v) is 11.6. The molecule has 0 atom stereocenters. The summed E-state index contributed by atoms with van der Waals surface area (Å²) in [5, 5.41) is 0. The van der Waals surface area contributed by atoms with Crippen molar-refractivity contribution in [2.45, 2.75) is 11.4 Å². The summed E-state index contributed by atoms with van der Waals surface area (Å²) < 4.78 is 39.4. The van der Waals surface area contributed by atoms with E-state index in [-0.39, 0.29) is 17.0 Å². The minimum Gasteiger partial charge on any atom is -0.326 e. The van der Waals surface area contributed by atoms with Gasteiger partial charge in [0, 0.05) is 31.5 Å². The van der Waals surface area contributed by atoms with E-state index in [9.17, 15) is 12.8 Å². The van der Waals surface area contributed by atoms with Gasteiger partial charge in [0.25, 0.3) is 10.0 Å². The zero-order chi connectivity index (χ0) is 14.8. The molecule has 0 amide bonds. The van der Waals surface area contributed by atoms with Crippen molar-refractivity contribution in [1.82, 2.24) is 4.98 Å². The third-order valence-electron chi connectivity index (χ3n) is 2.92. The van der Waals surface area contributed by atoms with E-state index >= 15 is 0 Å². The van der Waals surface area contributed by atoms with Crippen molar-refractivity contribution in [2.75, 3.05) is 11.4 Å². The van der Waals surface area contributed by atoms with Crippen LogP contribution in [0.5, 0.6) is 0 Å². The molecule has 0 unspecified atom stereocenters. The number of aromatic nitrogens is 1. The van der Waals surface area contributed by atoms with E-state index in [1.807, 2.05) is 0 Å². The van der Waals surface area contributed by atoms with E-state index in [4.69, 9.17) is 5.73 Å². The summed E-state index contributed by atoms with van der Waals surface area (Å²) in [5.74, 6) is -0.516. The lowest BCUT2D eigenvalue weighted by Gasteiger charge is -2.19. The second kappa shape index (κ2) is 5.56. The maximum absolute atomic E-state index is 13.4. The molecule has 0 aliphatic heterocycles. The highest BCUT2D eigenvalue weighted by Gasteiger charge is 2.22. The van der Waals surface area contributed by atoms with Crippen LogP contribution in [-0.4, -0.2) is 20.4 Å². The highest BCUT2D eigenvalue weighted by atomic mass is 32.2. The van der Waals surface area contributed by atoms with Crippen molar-refractivity contribution in [2.24, 2.45) is 5.73 Å². The molecule has 2 rings (SSSR count). The summed E-state index contributed by atoms with van der Waals surface area (Å²) in [6.07, 6.45) is 2.99. The van der Waals surface area contributed by atoms with Gasteiger partial charge in [-0.3, -0.25) is 9.29 Å². The van der Waals surface area contributed by atoms with Gasteiger partial charge in [-0.05, 0) is 30.3 Å². The highest BCUT2D eigenvalue weighted by molar-refractivity contribution is 7.92. The Labute approximate surface area is 116 Å². The molecular weight excluding hydrogens is 281 g/mol. The van der Waals surface area contributed by atoms with Gasteiger partial charge >= 0.3 is 0 Å². The molecule has 2 N–H and O–H groups in total. The van der Waals surface area contributed by atoms with E-state index in [1.54, 1.807) is 12.1 Å². The van der Waals surface area contributed by atoms with Crippen molar-refractivity contribution >= 4 is 15.7 Å². The second-order valence-electron chi connectivity index (χ2n) is 4.14. The van der Waals surface area contributed by atoms with Crippen LogP contribution in [0, 0.1) is 5.82 Å². The Morgan fingerprint density at radius 3 is 2.50 bits per heavy atom. The minimum atomic E-state index is -3.76. The summed E-state index contributed by atoms with van der Waals surface area (Å²) in [6.45, 7) is -0.0613. The third-order valence-corrected chi connectivity index (χ3v) is 4.70. The number of nitrogens with two attached hydrogens (primary N) is 1. The van der Waals surface area contributed by atoms with Crippen LogP contribution in [0.2, 0.25) is 0 Å². The van der Waals surface area contributed by atoms with Crippen LogP contribution in [0.1, 0.15) is 5.56 Å². The average molecular weight is 295 g/mol. The fourth-order valence-corrected chi connectivity index (χ4v) is 2.97. The van der Waals surface area contributed by atoms with E-state index in [0.717, 1.165) is 10.4 Å². The highest BCUT2D eigenvalue weighted by Crippen LogP contribution is 2.22. The van der Waals surface area contributed by atoms with Gasteiger partial charge in [-0.25, -0.2) is 12.8 Å². The summed E-state index contributed by atoms with van der Waals surface area (Å²) in [5.41, 5.74) is 6.03. The maximum atomic E-state index is 13.4. The molecule has 1 aromatic carbocycles. The molecule has 1 heterocycles. The molecule has 2 aromatic rings. The lowest BCUT2D eigenvalue weighted by molar-refractivity contribution is 0.591. The molecule has 0 saturated heterocycles. The minimum absolute atomic E-state index is 0.00124. The zero-order valence-electron chi connectivity index (χ0n) is 10.8.